The van der Waals surface area contributed by atoms with Crippen molar-refractivity contribution in [2.45, 2.75) is 6.42 Å². The molecule has 2 aromatic rings. The Morgan fingerprint density at radius 2 is 2.00 bits per heavy atom. The van der Waals surface area contributed by atoms with Crippen LogP contribution in [-0.4, -0.2) is 53.9 Å². The third-order valence-corrected chi connectivity index (χ3v) is 3.67. The second-order valence-electron chi connectivity index (χ2n) is 4.97. The first-order valence-electron chi connectivity index (χ1n) is 6.77. The van der Waals surface area contributed by atoms with E-state index in [0.29, 0.717) is 6.54 Å². The Kier molecular flexibility index (Phi) is 3.56. The Bertz CT molecular complexity index is 602. The molecule has 6 nitrogen and oxygen atoms in total. The molecular formula is C14H17N3O3. The second-order valence-corrected chi connectivity index (χ2v) is 4.97. The number of hydrogen-bond donors (Lipinski definition) is 1. The summed E-state index contributed by atoms with van der Waals surface area (Å²) in [6, 6.07) is 7.83. The summed E-state index contributed by atoms with van der Waals surface area (Å²) in [6.07, 6.45) is 0.201. The lowest BCUT2D eigenvalue weighted by Crippen LogP contribution is -2.47. The highest BCUT2D eigenvalue weighted by Gasteiger charge is 2.21. The molecule has 1 saturated heterocycles. The minimum Gasteiger partial charge on any atom is -0.481 e. The van der Waals surface area contributed by atoms with Gasteiger partial charge >= 0.3 is 5.97 Å². The largest absolute Gasteiger partial charge is 0.481 e. The van der Waals surface area contributed by atoms with Gasteiger partial charge in [-0.1, -0.05) is 17.3 Å². The Morgan fingerprint density at radius 1 is 1.25 bits per heavy atom. The van der Waals surface area contributed by atoms with Crippen molar-refractivity contribution >= 4 is 22.8 Å². The van der Waals surface area contributed by atoms with Crippen LogP contribution in [-0.2, 0) is 4.79 Å². The molecule has 0 atom stereocenters. The number of carboxylic acid groups (broad SMARTS) is 1. The molecule has 0 bridgehead atoms. The number of aromatic nitrogens is 1. The molecule has 0 aliphatic carbocycles. The van der Waals surface area contributed by atoms with Gasteiger partial charge in [0.2, 0.25) is 0 Å². The summed E-state index contributed by atoms with van der Waals surface area (Å²) in [6.45, 7) is 4.01. The van der Waals surface area contributed by atoms with Gasteiger partial charge in [0.1, 0.15) is 0 Å². The topological polar surface area (TPSA) is 69.8 Å². The number of para-hydroxylation sites is 1. The molecule has 0 amide bonds. The van der Waals surface area contributed by atoms with Gasteiger partial charge < -0.3 is 14.5 Å². The molecule has 1 aromatic heterocycles. The molecule has 1 N–H and O–H groups in total. The second kappa shape index (κ2) is 5.50. The van der Waals surface area contributed by atoms with Gasteiger partial charge in [0, 0.05) is 32.7 Å². The van der Waals surface area contributed by atoms with Gasteiger partial charge in [0.05, 0.1) is 11.8 Å². The van der Waals surface area contributed by atoms with Crippen molar-refractivity contribution in [1.82, 2.24) is 10.1 Å². The van der Waals surface area contributed by atoms with Crippen molar-refractivity contribution in [2.24, 2.45) is 0 Å². The van der Waals surface area contributed by atoms with Gasteiger partial charge in [0.15, 0.2) is 11.4 Å². The van der Waals surface area contributed by atoms with Crippen molar-refractivity contribution < 1.29 is 14.4 Å². The third kappa shape index (κ3) is 2.60. The van der Waals surface area contributed by atoms with Gasteiger partial charge in [0.25, 0.3) is 0 Å². The number of carbonyl (C=O) groups is 1. The van der Waals surface area contributed by atoms with Gasteiger partial charge in [-0.15, -0.1) is 0 Å². The quantitative estimate of drug-likeness (QED) is 0.910. The number of benzene rings is 1. The molecule has 0 unspecified atom stereocenters. The Hall–Kier alpha value is -2.08. The molecule has 0 spiro atoms. The van der Waals surface area contributed by atoms with Crippen LogP contribution < -0.4 is 4.90 Å². The van der Waals surface area contributed by atoms with E-state index in [4.69, 9.17) is 9.63 Å². The van der Waals surface area contributed by atoms with E-state index in [2.05, 4.69) is 15.0 Å². The van der Waals surface area contributed by atoms with E-state index >= 15 is 0 Å². The number of rotatable bonds is 4. The Balaban J connectivity index is 1.65. The van der Waals surface area contributed by atoms with Gasteiger partial charge in [-0.3, -0.25) is 9.69 Å². The average molecular weight is 275 g/mol. The zero-order valence-electron chi connectivity index (χ0n) is 11.2. The molecule has 6 heteroatoms. The summed E-state index contributed by atoms with van der Waals surface area (Å²) < 4.78 is 5.33. The van der Waals surface area contributed by atoms with Crippen molar-refractivity contribution in [2.75, 3.05) is 37.6 Å². The SMILES string of the molecule is O=C(O)CCN1CCN(c2noc3ccccc23)CC1. The van der Waals surface area contributed by atoms with Crippen LogP contribution in [0, 0.1) is 0 Å². The summed E-state index contributed by atoms with van der Waals surface area (Å²) in [5.74, 6) is 0.147. The number of hydrogen-bond acceptors (Lipinski definition) is 5. The van der Waals surface area contributed by atoms with Crippen molar-refractivity contribution in [3.8, 4) is 0 Å². The fourth-order valence-electron chi connectivity index (χ4n) is 2.54. The Labute approximate surface area is 116 Å². The number of anilines is 1. The predicted octanol–water partition coefficient (Wildman–Crippen LogP) is 1.42. The molecule has 3 rings (SSSR count). The Morgan fingerprint density at radius 3 is 2.75 bits per heavy atom. The minimum absolute atomic E-state index is 0.201. The summed E-state index contributed by atoms with van der Waals surface area (Å²) >= 11 is 0. The summed E-state index contributed by atoms with van der Waals surface area (Å²) in [5, 5.41) is 13.9. The number of nitrogens with zero attached hydrogens (tertiary/aromatic N) is 3. The van der Waals surface area contributed by atoms with E-state index in [1.165, 1.54) is 0 Å². The fraction of sp³-hybridized carbons (Fsp3) is 0.429. The van der Waals surface area contributed by atoms with Crippen LogP contribution in [0.3, 0.4) is 0 Å². The molecule has 0 radical (unpaired) electrons. The van der Waals surface area contributed by atoms with E-state index in [1.54, 1.807) is 0 Å². The van der Waals surface area contributed by atoms with Crippen molar-refractivity contribution in [3.63, 3.8) is 0 Å². The molecule has 1 aliphatic heterocycles. The first kappa shape index (κ1) is 12.9. The highest BCUT2D eigenvalue weighted by Crippen LogP contribution is 2.26. The predicted molar refractivity (Wildman–Crippen MR) is 74.9 cm³/mol. The van der Waals surface area contributed by atoms with Crippen LogP contribution in [0.4, 0.5) is 5.82 Å². The monoisotopic (exact) mass is 275 g/mol. The smallest absolute Gasteiger partial charge is 0.304 e. The zero-order valence-corrected chi connectivity index (χ0v) is 11.2. The van der Waals surface area contributed by atoms with Crippen LogP contribution in [0.5, 0.6) is 0 Å². The minimum atomic E-state index is -0.741. The van der Waals surface area contributed by atoms with E-state index < -0.39 is 5.97 Å². The first-order valence-corrected chi connectivity index (χ1v) is 6.77. The van der Waals surface area contributed by atoms with Gasteiger partial charge in [-0.2, -0.15) is 0 Å². The van der Waals surface area contributed by atoms with Gasteiger partial charge in [-0.25, -0.2) is 0 Å². The van der Waals surface area contributed by atoms with Crippen molar-refractivity contribution in [1.29, 1.82) is 0 Å². The van der Waals surface area contributed by atoms with E-state index in [-0.39, 0.29) is 6.42 Å². The fourth-order valence-corrected chi connectivity index (χ4v) is 2.54. The number of piperazine rings is 1. The maximum absolute atomic E-state index is 10.6. The van der Waals surface area contributed by atoms with E-state index in [9.17, 15) is 4.79 Å². The van der Waals surface area contributed by atoms with Crippen LogP contribution in [0.15, 0.2) is 28.8 Å². The van der Waals surface area contributed by atoms with Crippen molar-refractivity contribution in [3.05, 3.63) is 24.3 Å². The first-order chi connectivity index (χ1) is 9.74. The molecular weight excluding hydrogens is 258 g/mol. The van der Waals surface area contributed by atoms with Crippen LogP contribution >= 0.6 is 0 Å². The van der Waals surface area contributed by atoms with Crippen LogP contribution in [0.2, 0.25) is 0 Å². The molecule has 106 valence electrons. The van der Waals surface area contributed by atoms with Gasteiger partial charge in [-0.05, 0) is 12.1 Å². The lowest BCUT2D eigenvalue weighted by Gasteiger charge is -2.34. The standard InChI is InChI=1S/C14H17N3O3/c18-13(19)5-6-16-7-9-17(10-8-16)14-11-3-1-2-4-12(11)20-15-14/h1-4H,5-10H2,(H,18,19). The molecule has 2 heterocycles. The average Bonchev–Trinajstić information content (AvgIpc) is 2.89. The lowest BCUT2D eigenvalue weighted by atomic mass is 10.2. The molecule has 1 aromatic carbocycles. The van der Waals surface area contributed by atoms with E-state index in [0.717, 1.165) is 43.0 Å². The molecule has 1 fully saturated rings. The van der Waals surface area contributed by atoms with Crippen LogP contribution in [0.25, 0.3) is 11.0 Å². The lowest BCUT2D eigenvalue weighted by molar-refractivity contribution is -0.137. The number of aliphatic carboxylic acids is 1. The normalized spacial score (nSPS) is 16.7. The summed E-state index contributed by atoms with van der Waals surface area (Å²) in [7, 11) is 0. The highest BCUT2D eigenvalue weighted by atomic mass is 16.5. The molecule has 20 heavy (non-hydrogen) atoms. The maximum atomic E-state index is 10.6. The zero-order chi connectivity index (χ0) is 13.9. The van der Waals surface area contributed by atoms with Crippen LogP contribution in [0.1, 0.15) is 6.42 Å². The molecule has 1 aliphatic rings. The highest BCUT2D eigenvalue weighted by molar-refractivity contribution is 5.88. The molecule has 0 saturated carbocycles. The maximum Gasteiger partial charge on any atom is 0.304 e. The summed E-state index contributed by atoms with van der Waals surface area (Å²) in [4.78, 5) is 15.0. The number of fused-ring (bicyclic) bond motifs is 1. The van der Waals surface area contributed by atoms with E-state index in [1.807, 2.05) is 24.3 Å². The third-order valence-electron chi connectivity index (χ3n) is 3.67. The number of carboxylic acids is 1. The summed E-state index contributed by atoms with van der Waals surface area (Å²) in [5.41, 5.74) is 0.802.